The number of Topliss-reactive ketones (excluding diaryl/α,β-unsaturated/α-hetero) is 1. The number of nitrogens with one attached hydrogen (secondary N) is 2. The Labute approximate surface area is 166 Å². The second-order valence-electron chi connectivity index (χ2n) is 6.80. The number of aliphatic hydroxyl groups is 1. The van der Waals surface area contributed by atoms with Gasteiger partial charge in [0.15, 0.2) is 17.3 Å². The van der Waals surface area contributed by atoms with Crippen LogP contribution in [0.5, 0.6) is 11.5 Å². The van der Waals surface area contributed by atoms with Crippen LogP contribution in [-0.2, 0) is 0 Å². The van der Waals surface area contributed by atoms with Crippen LogP contribution in [0.1, 0.15) is 22.0 Å². The summed E-state index contributed by atoms with van der Waals surface area (Å²) in [5, 5.41) is 14.2. The van der Waals surface area contributed by atoms with Crippen molar-refractivity contribution in [3.8, 4) is 11.5 Å². The third-order valence-corrected chi connectivity index (χ3v) is 4.97. The molecular formula is C19H14F4N2O5. The van der Waals surface area contributed by atoms with Crippen LogP contribution < -0.4 is 20.1 Å². The lowest BCUT2D eigenvalue weighted by Crippen LogP contribution is -2.72. The van der Waals surface area contributed by atoms with Crippen molar-refractivity contribution in [2.24, 2.45) is 5.92 Å². The van der Waals surface area contributed by atoms with Gasteiger partial charge in [0.2, 0.25) is 12.5 Å². The maximum Gasteiger partial charge on any atom is 0.437 e. The van der Waals surface area contributed by atoms with E-state index in [-0.39, 0.29) is 23.7 Å². The lowest BCUT2D eigenvalue weighted by molar-refractivity contribution is -0.287. The second kappa shape index (κ2) is 6.87. The SMILES string of the molecule is O=C1N[C@H](c2ccc3c(c2)OCO3)[C@@H](C(=O)c2ccc(F)cc2)[C@](O)(C(F)(F)F)N1. The highest BCUT2D eigenvalue weighted by Crippen LogP contribution is 2.45. The summed E-state index contributed by atoms with van der Waals surface area (Å²) in [5.74, 6) is -3.51. The Kier molecular flexibility index (Phi) is 4.57. The molecule has 4 rings (SSSR count). The minimum atomic E-state index is -5.39. The van der Waals surface area contributed by atoms with E-state index in [0.29, 0.717) is 5.75 Å². The summed E-state index contributed by atoms with van der Waals surface area (Å²) < 4.78 is 65.1. The highest BCUT2D eigenvalue weighted by Gasteiger charge is 2.66. The maximum absolute atomic E-state index is 13.8. The van der Waals surface area contributed by atoms with Crippen LogP contribution in [0.3, 0.4) is 0 Å². The number of carbonyl (C=O) groups is 2. The molecule has 0 radical (unpaired) electrons. The number of alkyl halides is 3. The first-order chi connectivity index (χ1) is 14.1. The number of ether oxygens (including phenoxy) is 2. The molecule has 2 aliphatic heterocycles. The molecular weight excluding hydrogens is 412 g/mol. The Bertz CT molecular complexity index is 1010. The number of halogens is 4. The minimum absolute atomic E-state index is 0.0808. The van der Waals surface area contributed by atoms with Gasteiger partial charge in [-0.1, -0.05) is 6.07 Å². The van der Waals surface area contributed by atoms with Crippen LogP contribution in [0.2, 0.25) is 0 Å². The average Bonchev–Trinajstić information content (AvgIpc) is 3.14. The van der Waals surface area contributed by atoms with E-state index in [1.807, 2.05) is 0 Å². The molecule has 0 aromatic heterocycles. The fourth-order valence-corrected chi connectivity index (χ4v) is 3.52. The van der Waals surface area contributed by atoms with Gasteiger partial charge in [0.1, 0.15) is 11.7 Å². The third-order valence-electron chi connectivity index (χ3n) is 4.97. The second-order valence-corrected chi connectivity index (χ2v) is 6.80. The summed E-state index contributed by atoms with van der Waals surface area (Å²) in [5.41, 5.74) is -4.06. The van der Waals surface area contributed by atoms with Crippen molar-refractivity contribution in [1.82, 2.24) is 10.6 Å². The molecule has 158 valence electrons. The molecule has 11 heteroatoms. The van der Waals surface area contributed by atoms with Gasteiger partial charge in [-0.3, -0.25) is 4.79 Å². The predicted molar refractivity (Wildman–Crippen MR) is 92.2 cm³/mol. The van der Waals surface area contributed by atoms with E-state index in [1.165, 1.54) is 23.5 Å². The predicted octanol–water partition coefficient (Wildman–Crippen LogP) is 2.66. The molecule has 30 heavy (non-hydrogen) atoms. The van der Waals surface area contributed by atoms with Gasteiger partial charge in [-0.25, -0.2) is 9.18 Å². The van der Waals surface area contributed by atoms with Crippen molar-refractivity contribution in [1.29, 1.82) is 0 Å². The Morgan fingerprint density at radius 3 is 2.43 bits per heavy atom. The summed E-state index contributed by atoms with van der Waals surface area (Å²) in [4.78, 5) is 25.1. The van der Waals surface area contributed by atoms with Gasteiger partial charge in [0.25, 0.3) is 0 Å². The molecule has 0 aliphatic carbocycles. The van der Waals surface area contributed by atoms with Crippen LogP contribution in [-0.4, -0.2) is 35.6 Å². The molecule has 2 amide bonds. The Hall–Kier alpha value is -3.34. The van der Waals surface area contributed by atoms with Crippen molar-refractivity contribution in [3.05, 3.63) is 59.4 Å². The molecule has 3 atom stereocenters. The van der Waals surface area contributed by atoms with Gasteiger partial charge in [-0.15, -0.1) is 0 Å². The topological polar surface area (TPSA) is 96.9 Å². The first-order valence-electron chi connectivity index (χ1n) is 8.67. The lowest BCUT2D eigenvalue weighted by atomic mass is 9.77. The molecule has 0 bridgehead atoms. The van der Waals surface area contributed by atoms with Crippen LogP contribution in [0.15, 0.2) is 42.5 Å². The summed E-state index contributed by atoms with van der Waals surface area (Å²) in [6, 6.07) is 5.01. The number of hydrogen-bond acceptors (Lipinski definition) is 5. The first-order valence-corrected chi connectivity index (χ1v) is 8.67. The van der Waals surface area contributed by atoms with Gasteiger partial charge < -0.3 is 25.2 Å². The normalized spacial score (nSPS) is 25.4. The van der Waals surface area contributed by atoms with Gasteiger partial charge in [-0.05, 0) is 42.0 Å². The van der Waals surface area contributed by atoms with Crippen LogP contribution in [0.4, 0.5) is 22.4 Å². The van der Waals surface area contributed by atoms with E-state index < -0.39 is 41.5 Å². The fourth-order valence-electron chi connectivity index (χ4n) is 3.52. The van der Waals surface area contributed by atoms with E-state index in [4.69, 9.17) is 9.47 Å². The Morgan fingerprint density at radius 2 is 1.77 bits per heavy atom. The van der Waals surface area contributed by atoms with E-state index in [9.17, 15) is 32.3 Å². The van der Waals surface area contributed by atoms with Crippen molar-refractivity contribution in [2.75, 3.05) is 6.79 Å². The number of benzene rings is 2. The van der Waals surface area contributed by atoms with Crippen molar-refractivity contribution in [3.63, 3.8) is 0 Å². The van der Waals surface area contributed by atoms with Crippen LogP contribution in [0, 0.1) is 11.7 Å². The molecule has 0 saturated carbocycles. The maximum atomic E-state index is 13.8. The molecule has 2 aromatic carbocycles. The van der Waals surface area contributed by atoms with Gasteiger partial charge >= 0.3 is 12.2 Å². The zero-order chi connectivity index (χ0) is 21.7. The van der Waals surface area contributed by atoms with Gasteiger partial charge in [-0.2, -0.15) is 13.2 Å². The smallest absolute Gasteiger partial charge is 0.437 e. The summed E-state index contributed by atoms with van der Waals surface area (Å²) in [6.45, 7) is -0.0954. The molecule has 0 unspecified atom stereocenters. The van der Waals surface area contributed by atoms with E-state index >= 15 is 0 Å². The van der Waals surface area contributed by atoms with Crippen molar-refractivity contribution >= 4 is 11.8 Å². The van der Waals surface area contributed by atoms with E-state index in [0.717, 1.165) is 24.3 Å². The highest BCUT2D eigenvalue weighted by atomic mass is 19.4. The number of urea groups is 1. The van der Waals surface area contributed by atoms with E-state index in [2.05, 4.69) is 5.32 Å². The number of carbonyl (C=O) groups excluding carboxylic acids is 2. The molecule has 1 saturated heterocycles. The van der Waals surface area contributed by atoms with Crippen LogP contribution >= 0.6 is 0 Å². The summed E-state index contributed by atoms with van der Waals surface area (Å²) >= 11 is 0. The molecule has 2 heterocycles. The molecule has 0 spiro atoms. The number of hydrogen-bond donors (Lipinski definition) is 3. The minimum Gasteiger partial charge on any atom is -0.454 e. The number of amides is 2. The van der Waals surface area contributed by atoms with Crippen LogP contribution in [0.25, 0.3) is 0 Å². The largest absolute Gasteiger partial charge is 0.454 e. The quantitative estimate of drug-likeness (QED) is 0.518. The monoisotopic (exact) mass is 426 g/mol. The molecule has 1 fully saturated rings. The molecule has 3 N–H and O–H groups in total. The number of fused-ring (bicyclic) bond motifs is 1. The third kappa shape index (κ3) is 3.20. The lowest BCUT2D eigenvalue weighted by Gasteiger charge is -2.45. The van der Waals surface area contributed by atoms with Crippen molar-refractivity contribution < 1.29 is 41.7 Å². The number of ketones is 1. The fraction of sp³-hybridized carbons (Fsp3) is 0.263. The molecule has 7 nitrogen and oxygen atoms in total. The zero-order valence-corrected chi connectivity index (χ0v) is 15.0. The molecule has 2 aromatic rings. The van der Waals surface area contributed by atoms with E-state index in [1.54, 1.807) is 0 Å². The summed E-state index contributed by atoms with van der Waals surface area (Å²) in [6.07, 6.45) is -5.39. The average molecular weight is 426 g/mol. The standard InChI is InChI=1S/C19H14F4N2O5/c20-11-4-1-9(2-5-11)16(26)14-15(10-3-6-12-13(7-10)30-8-29-12)24-17(27)25-18(14,28)19(21,22)23/h1-7,14-15,28H,8H2,(H2,24,25,27)/t14-,15+,18-/m0/s1. The van der Waals surface area contributed by atoms with Gasteiger partial charge in [0.05, 0.1) is 6.04 Å². The Morgan fingerprint density at radius 1 is 1.10 bits per heavy atom. The Balaban J connectivity index is 1.84. The first kappa shape index (κ1) is 20.0. The zero-order valence-electron chi connectivity index (χ0n) is 15.0. The highest BCUT2D eigenvalue weighted by molar-refractivity contribution is 6.00. The van der Waals surface area contributed by atoms with Crippen molar-refractivity contribution in [2.45, 2.75) is 17.9 Å². The van der Waals surface area contributed by atoms with Gasteiger partial charge in [0, 0.05) is 5.56 Å². The number of rotatable bonds is 3. The molecule has 2 aliphatic rings. The summed E-state index contributed by atoms with van der Waals surface area (Å²) in [7, 11) is 0.